The summed E-state index contributed by atoms with van der Waals surface area (Å²) in [4.78, 5) is 28.5. The maximum atomic E-state index is 15.0. The number of halogens is 3. The molecule has 0 bridgehead atoms. The van der Waals surface area contributed by atoms with Crippen LogP contribution >= 0.6 is 11.6 Å². The van der Waals surface area contributed by atoms with Crippen LogP contribution in [0.4, 0.5) is 8.78 Å². The minimum atomic E-state index is -1.01. The fourth-order valence-corrected chi connectivity index (χ4v) is 6.85. The fourth-order valence-electron chi connectivity index (χ4n) is 6.48. The quantitative estimate of drug-likeness (QED) is 0.332. The highest BCUT2D eigenvalue weighted by Gasteiger charge is 2.53. The smallest absolute Gasteiger partial charge is 0.271 e. The van der Waals surface area contributed by atoms with E-state index in [1.807, 2.05) is 32.9 Å². The molecule has 1 aromatic heterocycles. The van der Waals surface area contributed by atoms with E-state index in [1.165, 1.54) is 6.07 Å². The molecule has 0 atom stereocenters. The van der Waals surface area contributed by atoms with Crippen LogP contribution in [0.25, 0.3) is 11.3 Å². The normalized spacial score (nSPS) is 22.4. The molecule has 8 nitrogen and oxygen atoms in total. The van der Waals surface area contributed by atoms with Crippen LogP contribution in [0.5, 0.6) is 0 Å². The van der Waals surface area contributed by atoms with E-state index in [1.54, 1.807) is 12.1 Å². The number of hydrogen-bond acceptors (Lipinski definition) is 6. The number of carbonyl (C=O) groups is 2. The van der Waals surface area contributed by atoms with Crippen molar-refractivity contribution in [1.82, 2.24) is 15.4 Å². The van der Waals surface area contributed by atoms with E-state index < -0.39 is 34.1 Å². The fraction of sp³-hybridized carbons (Fsp3) is 0.452. The van der Waals surface area contributed by atoms with Gasteiger partial charge in [-0.05, 0) is 70.2 Å². The van der Waals surface area contributed by atoms with Gasteiger partial charge in [-0.25, -0.2) is 8.78 Å². The van der Waals surface area contributed by atoms with Crippen molar-refractivity contribution in [2.45, 2.75) is 75.5 Å². The largest absolute Gasteiger partial charge is 0.390 e. The van der Waals surface area contributed by atoms with Gasteiger partial charge in [-0.15, -0.1) is 0 Å². The molecule has 3 aromatic rings. The summed E-state index contributed by atoms with van der Waals surface area (Å²) < 4.78 is 34.3. The van der Waals surface area contributed by atoms with Gasteiger partial charge < -0.3 is 20.7 Å². The standard InChI is InChI=1S/C31H35ClF2N4O4/c1-29(2,21-6-4-5-7-22(21)32)36-24(39)15-31(16-38(17-31)19-10-12-30(3,41)13-11-19)25-26(28(35)40)37-42-27(25)20-9-8-18(33)14-23(20)34/h4-9,14,19,41H,10-13,15-17H2,1-3H3,(H2,35,40)(H,36,39). The van der Waals surface area contributed by atoms with Crippen LogP contribution in [-0.2, 0) is 15.7 Å². The van der Waals surface area contributed by atoms with E-state index >= 15 is 4.39 Å². The zero-order chi connectivity index (χ0) is 30.4. The van der Waals surface area contributed by atoms with Crippen LogP contribution in [0.15, 0.2) is 47.0 Å². The Morgan fingerprint density at radius 3 is 2.48 bits per heavy atom. The lowest BCUT2D eigenvalue weighted by atomic mass is 9.67. The second-order valence-electron chi connectivity index (χ2n) is 12.5. The summed E-state index contributed by atoms with van der Waals surface area (Å²) in [5.74, 6) is -2.94. The van der Waals surface area contributed by atoms with E-state index in [9.17, 15) is 19.1 Å². The van der Waals surface area contributed by atoms with Crippen molar-refractivity contribution in [2.24, 2.45) is 5.73 Å². The van der Waals surface area contributed by atoms with Gasteiger partial charge in [-0.1, -0.05) is 35.0 Å². The predicted molar refractivity (Wildman–Crippen MR) is 154 cm³/mol. The van der Waals surface area contributed by atoms with Crippen molar-refractivity contribution in [3.05, 3.63) is 75.9 Å². The third-order valence-electron chi connectivity index (χ3n) is 8.69. The second kappa shape index (κ2) is 11.1. The number of nitrogens with two attached hydrogens (primary N) is 1. The topological polar surface area (TPSA) is 122 Å². The van der Waals surface area contributed by atoms with Crippen molar-refractivity contribution in [3.8, 4) is 11.3 Å². The van der Waals surface area contributed by atoms with Gasteiger partial charge in [0.05, 0.1) is 16.7 Å². The number of carbonyl (C=O) groups excluding carboxylic acids is 2. The van der Waals surface area contributed by atoms with Gasteiger partial charge in [-0.3, -0.25) is 14.5 Å². The van der Waals surface area contributed by atoms with Gasteiger partial charge in [0.2, 0.25) is 5.91 Å². The Labute approximate surface area is 248 Å². The highest BCUT2D eigenvalue weighted by atomic mass is 35.5. The predicted octanol–water partition coefficient (Wildman–Crippen LogP) is 5.06. The van der Waals surface area contributed by atoms with Gasteiger partial charge in [-0.2, -0.15) is 0 Å². The highest BCUT2D eigenvalue weighted by molar-refractivity contribution is 6.31. The van der Waals surface area contributed by atoms with Gasteiger partial charge in [0, 0.05) is 47.6 Å². The molecule has 4 N–H and O–H groups in total. The molecule has 2 amide bonds. The van der Waals surface area contributed by atoms with Crippen molar-refractivity contribution in [1.29, 1.82) is 0 Å². The lowest BCUT2D eigenvalue weighted by Crippen LogP contribution is -2.65. The first kappa shape index (κ1) is 30.1. The second-order valence-corrected chi connectivity index (χ2v) is 12.9. The first-order valence-electron chi connectivity index (χ1n) is 14.0. The van der Waals surface area contributed by atoms with Crippen LogP contribution in [0, 0.1) is 11.6 Å². The van der Waals surface area contributed by atoms with E-state index in [0.717, 1.165) is 30.5 Å². The zero-order valence-corrected chi connectivity index (χ0v) is 24.6. The minimum Gasteiger partial charge on any atom is -0.390 e. The molecular weight excluding hydrogens is 566 g/mol. The van der Waals surface area contributed by atoms with E-state index in [0.29, 0.717) is 31.0 Å². The highest BCUT2D eigenvalue weighted by Crippen LogP contribution is 2.47. The molecule has 1 saturated carbocycles. The van der Waals surface area contributed by atoms with E-state index in [-0.39, 0.29) is 41.0 Å². The number of aromatic nitrogens is 1. The molecule has 11 heteroatoms. The van der Waals surface area contributed by atoms with Crippen LogP contribution in [-0.4, -0.2) is 51.7 Å². The van der Waals surface area contributed by atoms with Gasteiger partial charge in [0.1, 0.15) is 11.6 Å². The van der Waals surface area contributed by atoms with Crippen LogP contribution < -0.4 is 11.1 Å². The first-order valence-corrected chi connectivity index (χ1v) is 14.4. The molecule has 224 valence electrons. The molecule has 2 aromatic carbocycles. The van der Waals surface area contributed by atoms with Gasteiger partial charge >= 0.3 is 0 Å². The first-order chi connectivity index (χ1) is 19.7. The molecule has 2 fully saturated rings. The third-order valence-corrected chi connectivity index (χ3v) is 9.02. The molecule has 0 unspecified atom stereocenters. The van der Waals surface area contributed by atoms with Crippen molar-refractivity contribution >= 4 is 23.4 Å². The number of benzene rings is 2. The molecule has 1 aliphatic heterocycles. The number of nitrogens with one attached hydrogen (secondary N) is 1. The van der Waals surface area contributed by atoms with Crippen LogP contribution in [0.2, 0.25) is 5.02 Å². The number of nitrogens with zero attached hydrogens (tertiary/aromatic N) is 2. The Kier molecular flexibility index (Phi) is 7.93. The number of amides is 2. The maximum Gasteiger partial charge on any atom is 0.271 e. The molecule has 2 heterocycles. The van der Waals surface area contributed by atoms with Crippen LogP contribution in [0.3, 0.4) is 0 Å². The number of likely N-dealkylation sites (tertiary alicyclic amines) is 1. The average molecular weight is 601 g/mol. The molecule has 1 saturated heterocycles. The number of aliphatic hydroxyl groups is 1. The van der Waals surface area contributed by atoms with Crippen LogP contribution in [0.1, 0.15) is 74.5 Å². The Hall–Kier alpha value is -3.34. The molecule has 0 radical (unpaired) electrons. The van der Waals surface area contributed by atoms with Crippen molar-refractivity contribution < 1.29 is 28.0 Å². The lowest BCUT2D eigenvalue weighted by Gasteiger charge is -2.55. The van der Waals surface area contributed by atoms with E-state index in [2.05, 4.69) is 15.4 Å². The summed E-state index contributed by atoms with van der Waals surface area (Å²) in [6.07, 6.45) is 2.72. The summed E-state index contributed by atoms with van der Waals surface area (Å²) in [6, 6.07) is 10.4. The minimum absolute atomic E-state index is 0.0642. The summed E-state index contributed by atoms with van der Waals surface area (Å²) in [5.41, 5.74) is 3.82. The molecule has 42 heavy (non-hydrogen) atoms. The van der Waals surface area contributed by atoms with Gasteiger partial charge in [0.25, 0.3) is 5.91 Å². The monoisotopic (exact) mass is 600 g/mol. The summed E-state index contributed by atoms with van der Waals surface area (Å²) in [5, 5.41) is 17.9. The Morgan fingerprint density at radius 1 is 1.19 bits per heavy atom. The van der Waals surface area contributed by atoms with Gasteiger partial charge in [0.15, 0.2) is 11.5 Å². The molecule has 2 aliphatic rings. The maximum absolute atomic E-state index is 15.0. The number of rotatable bonds is 8. The summed E-state index contributed by atoms with van der Waals surface area (Å²) in [7, 11) is 0. The summed E-state index contributed by atoms with van der Waals surface area (Å²) in [6.45, 7) is 6.20. The third kappa shape index (κ3) is 5.80. The Morgan fingerprint density at radius 2 is 1.86 bits per heavy atom. The molecule has 0 spiro atoms. The Bertz CT molecular complexity index is 1510. The lowest BCUT2D eigenvalue weighted by molar-refractivity contribution is -0.127. The summed E-state index contributed by atoms with van der Waals surface area (Å²) >= 11 is 6.43. The SMILES string of the molecule is CC1(O)CCC(N2CC(CC(=O)NC(C)(C)c3ccccc3Cl)(c3c(C(N)=O)noc3-c3ccc(F)cc3F)C2)CC1. The van der Waals surface area contributed by atoms with Crippen molar-refractivity contribution in [3.63, 3.8) is 0 Å². The number of primary amides is 1. The molecule has 5 rings (SSSR count). The average Bonchev–Trinajstić information content (AvgIpc) is 3.32. The number of hydrogen-bond donors (Lipinski definition) is 3. The zero-order valence-electron chi connectivity index (χ0n) is 23.8. The van der Waals surface area contributed by atoms with Crippen molar-refractivity contribution in [2.75, 3.05) is 13.1 Å². The Balaban J connectivity index is 1.52. The molecular formula is C31H35ClF2N4O4. The van der Waals surface area contributed by atoms with E-state index in [4.69, 9.17) is 21.9 Å². The molecule has 1 aliphatic carbocycles.